The second kappa shape index (κ2) is 7.66. The van der Waals surface area contributed by atoms with Crippen LogP contribution in [0.5, 0.6) is 0 Å². The molecule has 0 atom stereocenters. The first-order valence-corrected chi connectivity index (χ1v) is 8.21. The van der Waals surface area contributed by atoms with Crippen molar-refractivity contribution in [2.45, 2.75) is 51.4 Å². The molecule has 0 aromatic heterocycles. The van der Waals surface area contributed by atoms with Crippen LogP contribution in [0.1, 0.15) is 51.4 Å². The van der Waals surface area contributed by atoms with Gasteiger partial charge in [-0.25, -0.2) is 0 Å². The van der Waals surface area contributed by atoms with Crippen LogP contribution in [0.15, 0.2) is 4.99 Å². The van der Waals surface area contributed by atoms with E-state index in [1.54, 1.807) is 0 Å². The highest BCUT2D eigenvalue weighted by molar-refractivity contribution is 5.80. The van der Waals surface area contributed by atoms with E-state index >= 15 is 0 Å². The number of hydrogen-bond donors (Lipinski definition) is 1. The van der Waals surface area contributed by atoms with E-state index in [0.29, 0.717) is 11.8 Å². The standard InChI is InChI=1S/C16H29N3O2/c1-17-15(18-11-6-3-7-14(20)21-2)19-12-10-16(13-19)8-4-5-9-16/h3-13H2,1-2H3,(H,17,18). The number of unbranched alkanes of at least 4 members (excludes halogenated alkanes) is 1. The summed E-state index contributed by atoms with van der Waals surface area (Å²) in [5.41, 5.74) is 0.572. The van der Waals surface area contributed by atoms with Gasteiger partial charge in [-0.1, -0.05) is 12.8 Å². The molecule has 5 nitrogen and oxygen atoms in total. The van der Waals surface area contributed by atoms with Gasteiger partial charge in [-0.3, -0.25) is 9.79 Å². The largest absolute Gasteiger partial charge is 0.469 e. The maximum absolute atomic E-state index is 11.0. The summed E-state index contributed by atoms with van der Waals surface area (Å²) in [5, 5.41) is 3.43. The van der Waals surface area contributed by atoms with Gasteiger partial charge in [0, 0.05) is 33.1 Å². The summed E-state index contributed by atoms with van der Waals surface area (Å²) in [7, 11) is 3.30. The number of hydrogen-bond acceptors (Lipinski definition) is 3. The smallest absolute Gasteiger partial charge is 0.305 e. The molecule has 5 heteroatoms. The molecule has 1 saturated carbocycles. The summed E-state index contributed by atoms with van der Waals surface area (Å²) in [5.74, 6) is 0.902. The fourth-order valence-electron chi connectivity index (χ4n) is 3.68. The number of esters is 1. The molecule has 1 aliphatic heterocycles. The lowest BCUT2D eigenvalue weighted by Crippen LogP contribution is -2.41. The van der Waals surface area contributed by atoms with Crippen molar-refractivity contribution in [1.82, 2.24) is 10.2 Å². The number of carbonyl (C=O) groups is 1. The first-order chi connectivity index (χ1) is 10.2. The van der Waals surface area contributed by atoms with E-state index in [2.05, 4.69) is 19.9 Å². The number of guanidine groups is 1. The maximum atomic E-state index is 11.0. The van der Waals surface area contributed by atoms with E-state index in [0.717, 1.165) is 38.4 Å². The molecule has 1 N–H and O–H groups in total. The van der Waals surface area contributed by atoms with Crippen molar-refractivity contribution in [2.75, 3.05) is 33.8 Å². The molecule has 0 aromatic rings. The molecule has 1 spiro atoms. The van der Waals surface area contributed by atoms with Crippen LogP contribution in [0.2, 0.25) is 0 Å². The van der Waals surface area contributed by atoms with Gasteiger partial charge in [-0.2, -0.15) is 0 Å². The van der Waals surface area contributed by atoms with E-state index in [9.17, 15) is 4.79 Å². The Morgan fingerprint density at radius 2 is 2.05 bits per heavy atom. The first kappa shape index (κ1) is 16.1. The van der Waals surface area contributed by atoms with Crippen LogP contribution in [0.25, 0.3) is 0 Å². The maximum Gasteiger partial charge on any atom is 0.305 e. The van der Waals surface area contributed by atoms with Crippen molar-refractivity contribution in [3.05, 3.63) is 0 Å². The highest BCUT2D eigenvalue weighted by atomic mass is 16.5. The molecule has 1 saturated heterocycles. The Balaban J connectivity index is 1.68. The lowest BCUT2D eigenvalue weighted by Gasteiger charge is -2.25. The molecular formula is C16H29N3O2. The third kappa shape index (κ3) is 4.35. The minimum absolute atomic E-state index is 0.123. The Kier molecular flexibility index (Phi) is 5.88. The number of ether oxygens (including phenoxy) is 1. The average Bonchev–Trinajstić information content (AvgIpc) is 3.13. The molecule has 21 heavy (non-hydrogen) atoms. The summed E-state index contributed by atoms with van der Waals surface area (Å²) in [4.78, 5) is 17.9. The SMILES string of the molecule is CN=C(NCCCCC(=O)OC)N1CCC2(CCCC2)C1. The molecule has 120 valence electrons. The molecule has 2 aliphatic rings. The van der Waals surface area contributed by atoms with Gasteiger partial charge in [0.1, 0.15) is 0 Å². The van der Waals surface area contributed by atoms with Crippen molar-refractivity contribution < 1.29 is 9.53 Å². The lowest BCUT2D eigenvalue weighted by molar-refractivity contribution is -0.140. The van der Waals surface area contributed by atoms with Crippen LogP contribution in [0.3, 0.4) is 0 Å². The second-order valence-electron chi connectivity index (χ2n) is 6.39. The summed E-state index contributed by atoms with van der Waals surface area (Å²) in [6.07, 6.45) is 9.22. The fraction of sp³-hybridized carbons (Fsp3) is 0.875. The Hall–Kier alpha value is -1.26. The molecule has 1 aliphatic carbocycles. The molecule has 0 bridgehead atoms. The predicted molar refractivity (Wildman–Crippen MR) is 84.3 cm³/mol. The predicted octanol–water partition coefficient (Wildman–Crippen LogP) is 2.17. The monoisotopic (exact) mass is 295 g/mol. The van der Waals surface area contributed by atoms with E-state index in [1.807, 2.05) is 7.05 Å². The van der Waals surface area contributed by atoms with Gasteiger partial charge in [0.2, 0.25) is 0 Å². The van der Waals surface area contributed by atoms with Crippen LogP contribution in [0.4, 0.5) is 0 Å². The molecule has 1 heterocycles. The second-order valence-corrected chi connectivity index (χ2v) is 6.39. The molecule has 0 unspecified atom stereocenters. The minimum Gasteiger partial charge on any atom is -0.469 e. The van der Waals surface area contributed by atoms with Gasteiger partial charge >= 0.3 is 5.97 Å². The van der Waals surface area contributed by atoms with Crippen LogP contribution in [-0.2, 0) is 9.53 Å². The highest BCUT2D eigenvalue weighted by Crippen LogP contribution is 2.45. The number of nitrogens with one attached hydrogen (secondary N) is 1. The van der Waals surface area contributed by atoms with Crippen LogP contribution < -0.4 is 5.32 Å². The molecule has 2 fully saturated rings. The lowest BCUT2D eigenvalue weighted by atomic mass is 9.86. The Bertz CT molecular complexity index is 376. The quantitative estimate of drug-likeness (QED) is 0.365. The highest BCUT2D eigenvalue weighted by Gasteiger charge is 2.40. The average molecular weight is 295 g/mol. The summed E-state index contributed by atoms with van der Waals surface area (Å²) in [6.45, 7) is 3.16. The Morgan fingerprint density at radius 3 is 2.71 bits per heavy atom. The van der Waals surface area contributed by atoms with Crippen LogP contribution >= 0.6 is 0 Å². The molecular weight excluding hydrogens is 266 g/mol. The van der Waals surface area contributed by atoms with Crippen LogP contribution in [0, 0.1) is 5.41 Å². The normalized spacial score (nSPS) is 21.0. The zero-order chi connectivity index (χ0) is 15.1. The van der Waals surface area contributed by atoms with E-state index < -0.39 is 0 Å². The zero-order valence-electron chi connectivity index (χ0n) is 13.5. The van der Waals surface area contributed by atoms with Crippen LogP contribution in [-0.4, -0.2) is 50.6 Å². The Labute approximate surface area is 128 Å². The fourth-order valence-corrected chi connectivity index (χ4v) is 3.68. The number of nitrogens with zero attached hydrogens (tertiary/aromatic N) is 2. The number of aliphatic imine (C=N–C) groups is 1. The van der Waals surface area contributed by atoms with Gasteiger partial charge in [0.15, 0.2) is 5.96 Å². The summed E-state index contributed by atoms with van der Waals surface area (Å²) in [6, 6.07) is 0. The Morgan fingerprint density at radius 1 is 1.29 bits per heavy atom. The first-order valence-electron chi connectivity index (χ1n) is 8.21. The summed E-state index contributed by atoms with van der Waals surface area (Å²) < 4.78 is 4.64. The third-order valence-corrected chi connectivity index (χ3v) is 4.93. The van der Waals surface area contributed by atoms with Gasteiger partial charge < -0.3 is 15.0 Å². The van der Waals surface area contributed by atoms with E-state index in [-0.39, 0.29) is 5.97 Å². The topological polar surface area (TPSA) is 53.9 Å². The molecule has 0 aromatic carbocycles. The minimum atomic E-state index is -0.123. The van der Waals surface area contributed by atoms with E-state index in [4.69, 9.17) is 0 Å². The van der Waals surface area contributed by atoms with E-state index in [1.165, 1.54) is 39.2 Å². The van der Waals surface area contributed by atoms with Gasteiger partial charge in [0.05, 0.1) is 7.11 Å². The van der Waals surface area contributed by atoms with Gasteiger partial charge in [0.25, 0.3) is 0 Å². The van der Waals surface area contributed by atoms with Crippen molar-refractivity contribution in [2.24, 2.45) is 10.4 Å². The third-order valence-electron chi connectivity index (χ3n) is 4.93. The number of methoxy groups -OCH3 is 1. The van der Waals surface area contributed by atoms with Crippen molar-refractivity contribution in [3.8, 4) is 0 Å². The number of carbonyl (C=O) groups excluding carboxylic acids is 1. The summed E-state index contributed by atoms with van der Waals surface area (Å²) >= 11 is 0. The molecule has 2 rings (SSSR count). The molecule has 0 radical (unpaired) electrons. The number of rotatable bonds is 5. The van der Waals surface area contributed by atoms with Gasteiger partial charge in [-0.15, -0.1) is 0 Å². The van der Waals surface area contributed by atoms with Gasteiger partial charge in [-0.05, 0) is 37.5 Å². The number of likely N-dealkylation sites (tertiary alicyclic amines) is 1. The van der Waals surface area contributed by atoms with Crippen molar-refractivity contribution in [3.63, 3.8) is 0 Å². The van der Waals surface area contributed by atoms with Crippen molar-refractivity contribution >= 4 is 11.9 Å². The van der Waals surface area contributed by atoms with Crippen molar-refractivity contribution in [1.29, 1.82) is 0 Å². The zero-order valence-corrected chi connectivity index (χ0v) is 13.5. The molecule has 0 amide bonds.